The van der Waals surface area contributed by atoms with Gasteiger partial charge >= 0.3 is 5.97 Å². The lowest BCUT2D eigenvalue weighted by Gasteiger charge is -2.17. The number of carbonyl (C=O) groups excluding carboxylic acids is 3. The van der Waals surface area contributed by atoms with E-state index in [1.54, 1.807) is 19.1 Å². The summed E-state index contributed by atoms with van der Waals surface area (Å²) in [5.41, 5.74) is 0.410. The Morgan fingerprint density at radius 2 is 1.92 bits per heavy atom. The Morgan fingerprint density at radius 3 is 2.46 bits per heavy atom. The Labute approximate surface area is 151 Å². The first-order chi connectivity index (χ1) is 11.3. The Kier molecular flexibility index (Phi) is 5.68. The number of halogens is 1. The van der Waals surface area contributed by atoms with Gasteiger partial charge in [-0.15, -0.1) is 0 Å². The molecule has 2 rings (SSSR count). The molecule has 0 unspecified atom stereocenters. The number of thiocarbonyl (C=S) groups is 1. The molecule has 1 fully saturated rings. The van der Waals surface area contributed by atoms with Gasteiger partial charge in [-0.1, -0.05) is 0 Å². The second kappa shape index (κ2) is 7.54. The Balaban J connectivity index is 2.46. The minimum Gasteiger partial charge on any atom is -0.490 e. The molecule has 0 spiro atoms. The van der Waals surface area contributed by atoms with Crippen molar-refractivity contribution < 1.29 is 23.9 Å². The number of carbonyl (C=O) groups is 3. The molecule has 1 aliphatic heterocycles. The molecular weight excluding hydrogens is 400 g/mol. The van der Waals surface area contributed by atoms with Crippen LogP contribution in [0.3, 0.4) is 0 Å². The van der Waals surface area contributed by atoms with Gasteiger partial charge in [0.2, 0.25) is 0 Å². The lowest BCUT2D eigenvalue weighted by atomic mass is 10.1. The van der Waals surface area contributed by atoms with Crippen LogP contribution in [0.15, 0.2) is 22.2 Å². The van der Waals surface area contributed by atoms with Crippen molar-refractivity contribution in [1.82, 2.24) is 10.6 Å². The quantitative estimate of drug-likeness (QED) is 0.257. The predicted octanol–water partition coefficient (Wildman–Crippen LogP) is 1.69. The lowest BCUT2D eigenvalue weighted by molar-refractivity contribution is -0.132. The van der Waals surface area contributed by atoms with Crippen molar-refractivity contribution in [3.05, 3.63) is 27.7 Å². The highest BCUT2D eigenvalue weighted by Gasteiger charge is 2.26. The van der Waals surface area contributed by atoms with E-state index in [0.29, 0.717) is 22.4 Å². The zero-order valence-electron chi connectivity index (χ0n) is 12.8. The fourth-order valence-corrected chi connectivity index (χ4v) is 2.68. The average Bonchev–Trinajstić information content (AvgIpc) is 2.46. The van der Waals surface area contributed by atoms with Crippen LogP contribution >= 0.6 is 28.1 Å². The molecule has 0 aromatic heterocycles. The molecule has 0 radical (unpaired) electrons. The van der Waals surface area contributed by atoms with Crippen molar-refractivity contribution in [2.45, 2.75) is 13.8 Å². The fraction of sp³-hybridized carbons (Fsp3) is 0.200. The van der Waals surface area contributed by atoms with Gasteiger partial charge in [-0.3, -0.25) is 25.0 Å². The highest BCUT2D eigenvalue weighted by atomic mass is 79.9. The Hall–Kier alpha value is -2.26. The molecule has 0 bridgehead atoms. The maximum atomic E-state index is 11.9. The maximum Gasteiger partial charge on any atom is 0.308 e. The van der Waals surface area contributed by atoms with Crippen LogP contribution in [0.4, 0.5) is 0 Å². The van der Waals surface area contributed by atoms with Crippen LogP contribution in [-0.2, 0) is 14.4 Å². The minimum atomic E-state index is -0.595. The van der Waals surface area contributed by atoms with Gasteiger partial charge in [-0.2, -0.15) is 0 Å². The SMILES string of the molecule is CCOc1cc(C=C2C(=O)NC(=S)NC2=O)cc(Br)c1OC(C)=O. The first kappa shape index (κ1) is 18.1. The van der Waals surface area contributed by atoms with E-state index >= 15 is 0 Å². The van der Waals surface area contributed by atoms with Crippen LogP contribution in [-0.4, -0.2) is 29.5 Å². The molecule has 0 aliphatic carbocycles. The van der Waals surface area contributed by atoms with Crippen molar-refractivity contribution in [3.8, 4) is 11.5 Å². The van der Waals surface area contributed by atoms with Gasteiger partial charge in [0.1, 0.15) is 5.57 Å². The van der Waals surface area contributed by atoms with E-state index in [2.05, 4.69) is 26.6 Å². The van der Waals surface area contributed by atoms with Crippen LogP contribution in [0.1, 0.15) is 19.4 Å². The second-order valence-corrected chi connectivity index (χ2v) is 5.91. The summed E-state index contributed by atoms with van der Waals surface area (Å²) in [4.78, 5) is 35.0. The number of nitrogens with one attached hydrogen (secondary N) is 2. The molecule has 0 atom stereocenters. The average molecular weight is 413 g/mol. The van der Waals surface area contributed by atoms with Crippen LogP contribution in [0.2, 0.25) is 0 Å². The standard InChI is InChI=1S/C15H13BrN2O5S/c1-3-22-11-6-8(5-10(16)12(11)23-7(2)19)4-9-13(20)17-15(24)18-14(9)21/h4-6H,3H2,1-2H3,(H2,17,18,20,21,24). The molecule has 1 aliphatic rings. The number of esters is 1. The molecule has 2 amide bonds. The number of amides is 2. The molecule has 1 aromatic rings. The summed E-state index contributed by atoms with van der Waals surface area (Å²) in [7, 11) is 0. The van der Waals surface area contributed by atoms with Crippen molar-refractivity contribution in [2.75, 3.05) is 6.61 Å². The second-order valence-electron chi connectivity index (χ2n) is 4.65. The van der Waals surface area contributed by atoms with Gasteiger partial charge in [0.05, 0.1) is 11.1 Å². The molecule has 1 aromatic carbocycles. The molecule has 7 nitrogen and oxygen atoms in total. The predicted molar refractivity (Wildman–Crippen MR) is 93.5 cm³/mol. The number of hydrogen-bond acceptors (Lipinski definition) is 6. The molecule has 126 valence electrons. The monoisotopic (exact) mass is 412 g/mol. The van der Waals surface area contributed by atoms with E-state index in [4.69, 9.17) is 21.7 Å². The summed E-state index contributed by atoms with van der Waals surface area (Å²) >= 11 is 8.04. The zero-order chi connectivity index (χ0) is 17.9. The maximum absolute atomic E-state index is 11.9. The van der Waals surface area contributed by atoms with Gasteiger partial charge < -0.3 is 9.47 Å². The normalized spacial score (nSPS) is 14.0. The van der Waals surface area contributed by atoms with Gasteiger partial charge in [-0.05, 0) is 58.8 Å². The van der Waals surface area contributed by atoms with Crippen LogP contribution in [0, 0.1) is 0 Å². The van der Waals surface area contributed by atoms with Gasteiger partial charge in [0.15, 0.2) is 16.6 Å². The summed E-state index contributed by atoms with van der Waals surface area (Å²) in [6, 6.07) is 3.16. The summed E-state index contributed by atoms with van der Waals surface area (Å²) in [6.45, 7) is 3.40. The third-order valence-corrected chi connectivity index (χ3v) is 3.63. The highest BCUT2D eigenvalue weighted by Crippen LogP contribution is 2.37. The number of ether oxygens (including phenoxy) is 2. The number of rotatable bonds is 4. The highest BCUT2D eigenvalue weighted by molar-refractivity contribution is 9.10. The molecule has 2 N–H and O–H groups in total. The smallest absolute Gasteiger partial charge is 0.308 e. The van der Waals surface area contributed by atoms with Gasteiger partial charge in [0.25, 0.3) is 11.8 Å². The Morgan fingerprint density at radius 1 is 1.29 bits per heavy atom. The van der Waals surface area contributed by atoms with Crippen LogP contribution < -0.4 is 20.1 Å². The van der Waals surface area contributed by atoms with Crippen molar-refractivity contribution in [1.29, 1.82) is 0 Å². The van der Waals surface area contributed by atoms with Crippen molar-refractivity contribution in [3.63, 3.8) is 0 Å². The van der Waals surface area contributed by atoms with E-state index < -0.39 is 17.8 Å². The third kappa shape index (κ3) is 4.18. The van der Waals surface area contributed by atoms with E-state index in [9.17, 15) is 14.4 Å². The molecule has 0 saturated carbocycles. The first-order valence-electron chi connectivity index (χ1n) is 6.85. The largest absolute Gasteiger partial charge is 0.490 e. The van der Waals surface area contributed by atoms with E-state index in [-0.39, 0.29) is 16.4 Å². The van der Waals surface area contributed by atoms with E-state index in [1.807, 2.05) is 0 Å². The van der Waals surface area contributed by atoms with E-state index in [0.717, 1.165) is 0 Å². The van der Waals surface area contributed by atoms with Crippen molar-refractivity contribution >= 4 is 57.1 Å². The summed E-state index contributed by atoms with van der Waals surface area (Å²) < 4.78 is 11.0. The summed E-state index contributed by atoms with van der Waals surface area (Å²) in [6.07, 6.45) is 1.39. The first-order valence-corrected chi connectivity index (χ1v) is 8.05. The summed E-state index contributed by atoms with van der Waals surface area (Å²) in [5.74, 6) is -1.16. The molecule has 24 heavy (non-hydrogen) atoms. The minimum absolute atomic E-state index is 0.0384. The van der Waals surface area contributed by atoms with Crippen LogP contribution in [0.25, 0.3) is 6.08 Å². The Bertz CT molecular complexity index is 753. The fourth-order valence-electron chi connectivity index (χ4n) is 1.95. The molecular formula is C15H13BrN2O5S. The number of hydrogen-bond donors (Lipinski definition) is 2. The topological polar surface area (TPSA) is 93.7 Å². The molecule has 1 heterocycles. The van der Waals surface area contributed by atoms with E-state index in [1.165, 1.54) is 13.0 Å². The summed E-state index contributed by atoms with van der Waals surface area (Å²) in [5, 5.41) is 4.67. The van der Waals surface area contributed by atoms with Crippen LogP contribution in [0.5, 0.6) is 11.5 Å². The zero-order valence-corrected chi connectivity index (χ0v) is 15.2. The molecule has 1 saturated heterocycles. The third-order valence-electron chi connectivity index (χ3n) is 2.83. The van der Waals surface area contributed by atoms with Gasteiger partial charge in [0, 0.05) is 6.92 Å². The molecule has 9 heteroatoms. The number of benzene rings is 1. The lowest BCUT2D eigenvalue weighted by Crippen LogP contribution is -2.51. The van der Waals surface area contributed by atoms with Crippen molar-refractivity contribution in [2.24, 2.45) is 0 Å². The van der Waals surface area contributed by atoms with Gasteiger partial charge in [-0.25, -0.2) is 0 Å².